The Labute approximate surface area is 125 Å². The lowest BCUT2D eigenvalue weighted by atomic mass is 9.95. The fourth-order valence-corrected chi connectivity index (χ4v) is 1.71. The second-order valence-corrected chi connectivity index (χ2v) is 4.99. The number of rotatable bonds is 7. The van der Waals surface area contributed by atoms with Crippen molar-refractivity contribution in [2.45, 2.75) is 11.1 Å². The first-order valence-corrected chi connectivity index (χ1v) is 6.40. The average molecular weight is 325 g/mol. The van der Waals surface area contributed by atoms with Crippen molar-refractivity contribution in [2.75, 3.05) is 6.61 Å². The van der Waals surface area contributed by atoms with E-state index in [1.165, 1.54) is 24.3 Å². The molecule has 0 heterocycles. The highest BCUT2D eigenvalue weighted by atomic mass is 35.5. The number of ether oxygens (including phenoxy) is 1. The van der Waals surface area contributed by atoms with Crippen LogP contribution in [-0.4, -0.2) is 27.9 Å². The van der Waals surface area contributed by atoms with E-state index >= 15 is 0 Å². The summed E-state index contributed by atoms with van der Waals surface area (Å²) in [6.07, 6.45) is -1.25. The van der Waals surface area contributed by atoms with Crippen LogP contribution in [-0.2, 0) is 9.53 Å². The number of hydrogen-bond donors (Lipinski definition) is 4. The van der Waals surface area contributed by atoms with E-state index in [1.807, 2.05) is 0 Å². The molecule has 1 unspecified atom stereocenters. The molecular formula is C11H14Cl2N2O5. The average Bonchev–Trinajstić information content (AvgIpc) is 2.38. The number of halogens is 2. The summed E-state index contributed by atoms with van der Waals surface area (Å²) in [6, 6.07) is 5.41. The molecule has 5 N–H and O–H groups in total. The van der Waals surface area contributed by atoms with Gasteiger partial charge in [-0.1, -0.05) is 35.3 Å². The van der Waals surface area contributed by atoms with E-state index in [-0.39, 0.29) is 12.3 Å². The summed E-state index contributed by atoms with van der Waals surface area (Å²) in [5.41, 5.74) is 5.58. The monoisotopic (exact) mass is 324 g/mol. The molecule has 9 heteroatoms. The van der Waals surface area contributed by atoms with Crippen molar-refractivity contribution in [1.82, 2.24) is 0 Å². The van der Waals surface area contributed by atoms with Crippen LogP contribution in [0.4, 0.5) is 5.69 Å². The molecule has 7 nitrogen and oxygen atoms in total. The molecule has 20 heavy (non-hydrogen) atoms. The van der Waals surface area contributed by atoms with Crippen LogP contribution in [0.5, 0.6) is 0 Å². The van der Waals surface area contributed by atoms with Crippen LogP contribution in [0.1, 0.15) is 11.7 Å². The highest BCUT2D eigenvalue weighted by molar-refractivity contribution is 6.43. The molecule has 0 aliphatic rings. The van der Waals surface area contributed by atoms with Crippen LogP contribution in [0.15, 0.2) is 24.3 Å². The summed E-state index contributed by atoms with van der Waals surface area (Å²) >= 11 is 10.8. The summed E-state index contributed by atoms with van der Waals surface area (Å²) in [5.74, 6) is -1.83. The summed E-state index contributed by atoms with van der Waals surface area (Å²) in [6.45, 7) is -0.255. The number of aliphatic hydroxyl groups excluding tert-OH is 1. The SMILES string of the molecule is NC(=O)[C@H](COC(Cl)Cl)[C@H](O)c1ccc([NH+]([O-])O)cc1. The van der Waals surface area contributed by atoms with Crippen molar-refractivity contribution in [3.63, 3.8) is 0 Å². The summed E-state index contributed by atoms with van der Waals surface area (Å²) in [7, 11) is 0. The van der Waals surface area contributed by atoms with Crippen molar-refractivity contribution < 1.29 is 25.1 Å². The molecule has 0 spiro atoms. The minimum Gasteiger partial charge on any atom is -0.595 e. The van der Waals surface area contributed by atoms with Gasteiger partial charge in [0, 0.05) is 12.1 Å². The van der Waals surface area contributed by atoms with Gasteiger partial charge in [0.2, 0.25) is 10.9 Å². The lowest BCUT2D eigenvalue weighted by Crippen LogP contribution is -2.99. The Morgan fingerprint density at radius 1 is 1.40 bits per heavy atom. The maximum absolute atomic E-state index is 11.3. The predicted octanol–water partition coefficient (Wildman–Crippen LogP) is 0.00270. The first kappa shape index (κ1) is 17.1. The predicted molar refractivity (Wildman–Crippen MR) is 71.3 cm³/mol. The van der Waals surface area contributed by atoms with Gasteiger partial charge in [0.05, 0.1) is 18.6 Å². The molecular weight excluding hydrogens is 311 g/mol. The van der Waals surface area contributed by atoms with E-state index in [0.29, 0.717) is 5.56 Å². The Morgan fingerprint density at radius 3 is 2.35 bits per heavy atom. The van der Waals surface area contributed by atoms with Crippen LogP contribution in [0, 0.1) is 11.1 Å². The molecule has 0 aromatic heterocycles. The van der Waals surface area contributed by atoms with Gasteiger partial charge >= 0.3 is 0 Å². The zero-order valence-corrected chi connectivity index (χ0v) is 11.7. The van der Waals surface area contributed by atoms with E-state index in [1.54, 1.807) is 0 Å². The third-order valence-electron chi connectivity index (χ3n) is 2.65. The maximum Gasteiger partial charge on any atom is 0.225 e. The molecule has 0 fully saturated rings. The van der Waals surface area contributed by atoms with Crippen LogP contribution < -0.4 is 11.0 Å². The number of primary amides is 1. The first-order chi connectivity index (χ1) is 9.32. The largest absolute Gasteiger partial charge is 0.595 e. The van der Waals surface area contributed by atoms with Crippen LogP contribution in [0.25, 0.3) is 0 Å². The third-order valence-corrected chi connectivity index (χ3v) is 2.90. The molecule has 112 valence electrons. The molecule has 0 aliphatic heterocycles. The van der Waals surface area contributed by atoms with E-state index < -0.39 is 28.2 Å². The van der Waals surface area contributed by atoms with Crippen molar-refractivity contribution in [1.29, 1.82) is 0 Å². The fourth-order valence-electron chi connectivity index (χ4n) is 1.56. The molecule has 1 amide bonds. The zero-order chi connectivity index (χ0) is 15.3. The quantitative estimate of drug-likeness (QED) is 0.415. The number of amides is 1. The molecule has 0 aliphatic carbocycles. The number of carbonyl (C=O) groups is 1. The van der Waals surface area contributed by atoms with Gasteiger partial charge in [-0.15, -0.1) is 0 Å². The number of hydrogen-bond acceptors (Lipinski definition) is 5. The lowest BCUT2D eigenvalue weighted by molar-refractivity contribution is -0.991. The highest BCUT2D eigenvalue weighted by Crippen LogP contribution is 2.24. The lowest BCUT2D eigenvalue weighted by Gasteiger charge is -2.21. The Balaban J connectivity index is 2.83. The normalized spacial score (nSPS) is 15.9. The molecule has 3 atom stereocenters. The van der Waals surface area contributed by atoms with Crippen LogP contribution in [0.3, 0.4) is 0 Å². The van der Waals surface area contributed by atoms with E-state index in [9.17, 15) is 15.1 Å². The fraction of sp³-hybridized carbons (Fsp3) is 0.364. The molecule has 0 bridgehead atoms. The van der Waals surface area contributed by atoms with Gasteiger partial charge in [-0.05, 0) is 5.56 Å². The van der Waals surface area contributed by atoms with Gasteiger partial charge < -0.3 is 20.8 Å². The summed E-state index contributed by atoms with van der Waals surface area (Å²) < 4.78 is 4.85. The van der Waals surface area contributed by atoms with E-state index in [0.717, 1.165) is 0 Å². The highest BCUT2D eigenvalue weighted by Gasteiger charge is 2.27. The smallest absolute Gasteiger partial charge is 0.225 e. The second kappa shape index (κ2) is 7.75. The number of carbonyl (C=O) groups excluding carboxylic acids is 1. The third kappa shape index (κ3) is 4.88. The summed E-state index contributed by atoms with van der Waals surface area (Å²) in [5, 5.41) is 27.3. The molecule has 0 radical (unpaired) electrons. The van der Waals surface area contributed by atoms with Gasteiger partial charge in [0.25, 0.3) is 0 Å². The first-order valence-electron chi connectivity index (χ1n) is 5.53. The molecule has 0 saturated carbocycles. The van der Waals surface area contributed by atoms with Crippen LogP contribution >= 0.6 is 23.2 Å². The van der Waals surface area contributed by atoms with E-state index in [2.05, 4.69) is 0 Å². The van der Waals surface area contributed by atoms with Gasteiger partial charge in [-0.3, -0.25) is 4.79 Å². The topological polar surface area (TPSA) is 120 Å². The van der Waals surface area contributed by atoms with E-state index in [4.69, 9.17) is 38.9 Å². The maximum atomic E-state index is 11.3. The minimum atomic E-state index is -1.25. The van der Waals surface area contributed by atoms with Gasteiger partial charge in [-0.2, -0.15) is 5.23 Å². The summed E-state index contributed by atoms with van der Waals surface area (Å²) in [4.78, 5) is 11.3. The van der Waals surface area contributed by atoms with Crippen molar-refractivity contribution in [3.05, 3.63) is 35.0 Å². The number of quaternary nitrogens is 1. The number of benzene rings is 1. The number of nitrogens with one attached hydrogen (secondary N) is 1. The van der Waals surface area contributed by atoms with Crippen LogP contribution in [0.2, 0.25) is 0 Å². The van der Waals surface area contributed by atoms with Gasteiger partial charge in [0.1, 0.15) is 0 Å². The molecule has 1 aromatic rings. The standard InChI is InChI=1S/C11H14Cl2N2O5/c12-11(13)20-5-8(10(14)17)9(16)6-1-3-7(4-2-6)15(18)19/h1-4,8-9,11,15-16,18H,5H2,(H2,14,17)/t8-,9-/m1/s1. The Bertz CT molecular complexity index is 441. The Morgan fingerprint density at radius 2 is 1.95 bits per heavy atom. The number of aliphatic hydroxyl groups is 1. The Hall–Kier alpha value is -0.930. The van der Waals surface area contributed by atoms with Gasteiger partial charge in [-0.25, -0.2) is 5.21 Å². The number of nitrogens with two attached hydrogens (primary N) is 1. The molecule has 1 rings (SSSR count). The zero-order valence-electron chi connectivity index (χ0n) is 10.2. The van der Waals surface area contributed by atoms with Crippen molar-refractivity contribution >= 4 is 34.8 Å². The second-order valence-electron chi connectivity index (χ2n) is 3.97. The molecule has 0 saturated heterocycles. The number of alkyl halides is 2. The van der Waals surface area contributed by atoms with Crippen molar-refractivity contribution in [2.24, 2.45) is 11.7 Å². The van der Waals surface area contributed by atoms with Crippen molar-refractivity contribution in [3.8, 4) is 0 Å². The molecule has 1 aromatic carbocycles. The van der Waals surface area contributed by atoms with Gasteiger partial charge in [0.15, 0.2) is 5.69 Å². The minimum absolute atomic E-state index is 0.0643. The Kier molecular flexibility index (Phi) is 6.63.